The molecular formula is C14H15ClN2O3. The zero-order valence-electron chi connectivity index (χ0n) is 11.4. The third-order valence-corrected chi connectivity index (χ3v) is 3.14. The SMILES string of the molecule is COc1ccc(Cl)cc1-c1cc(C(C)(C)O)c(=O)[nH]n1. The summed E-state index contributed by atoms with van der Waals surface area (Å²) in [6.07, 6.45) is 0. The molecule has 0 saturated heterocycles. The Hall–Kier alpha value is -1.85. The maximum absolute atomic E-state index is 11.7. The molecule has 2 rings (SSSR count). The first-order valence-electron chi connectivity index (χ1n) is 5.99. The van der Waals surface area contributed by atoms with E-state index in [4.69, 9.17) is 16.3 Å². The highest BCUT2D eigenvalue weighted by Gasteiger charge is 2.22. The molecule has 106 valence electrons. The molecule has 1 heterocycles. The van der Waals surface area contributed by atoms with E-state index >= 15 is 0 Å². The number of aromatic amines is 1. The predicted molar refractivity (Wildman–Crippen MR) is 77.1 cm³/mol. The van der Waals surface area contributed by atoms with Gasteiger partial charge in [-0.1, -0.05) is 11.6 Å². The maximum Gasteiger partial charge on any atom is 0.270 e. The van der Waals surface area contributed by atoms with Gasteiger partial charge in [-0.05, 0) is 38.1 Å². The third-order valence-electron chi connectivity index (χ3n) is 2.90. The number of H-pyrrole nitrogens is 1. The van der Waals surface area contributed by atoms with Crippen molar-refractivity contribution in [2.24, 2.45) is 0 Å². The van der Waals surface area contributed by atoms with Gasteiger partial charge in [-0.15, -0.1) is 0 Å². The van der Waals surface area contributed by atoms with Crippen LogP contribution < -0.4 is 10.3 Å². The highest BCUT2D eigenvalue weighted by Crippen LogP contribution is 2.31. The lowest BCUT2D eigenvalue weighted by atomic mass is 9.98. The summed E-state index contributed by atoms with van der Waals surface area (Å²) in [4.78, 5) is 11.7. The number of rotatable bonds is 3. The van der Waals surface area contributed by atoms with Gasteiger partial charge in [-0.3, -0.25) is 4.79 Å². The monoisotopic (exact) mass is 294 g/mol. The van der Waals surface area contributed by atoms with Crippen LogP contribution in [0.15, 0.2) is 29.1 Å². The van der Waals surface area contributed by atoms with E-state index in [1.807, 2.05) is 0 Å². The van der Waals surface area contributed by atoms with Gasteiger partial charge in [0.25, 0.3) is 5.56 Å². The predicted octanol–water partition coefficient (Wildman–Crippen LogP) is 2.33. The molecule has 0 aliphatic carbocycles. The molecule has 0 saturated carbocycles. The second kappa shape index (κ2) is 5.26. The fraction of sp³-hybridized carbons (Fsp3) is 0.286. The number of hydrogen-bond donors (Lipinski definition) is 2. The van der Waals surface area contributed by atoms with E-state index in [9.17, 15) is 9.90 Å². The molecule has 0 spiro atoms. The fourth-order valence-corrected chi connectivity index (χ4v) is 2.05. The zero-order valence-corrected chi connectivity index (χ0v) is 12.2. The molecule has 20 heavy (non-hydrogen) atoms. The average molecular weight is 295 g/mol. The smallest absolute Gasteiger partial charge is 0.270 e. The lowest BCUT2D eigenvalue weighted by Crippen LogP contribution is -2.27. The lowest BCUT2D eigenvalue weighted by molar-refractivity contribution is 0.0769. The summed E-state index contributed by atoms with van der Waals surface area (Å²) in [6, 6.07) is 6.64. The minimum atomic E-state index is -1.27. The van der Waals surface area contributed by atoms with Crippen molar-refractivity contribution in [3.8, 4) is 17.0 Å². The number of benzene rings is 1. The fourth-order valence-electron chi connectivity index (χ4n) is 1.88. The van der Waals surface area contributed by atoms with Crippen LogP contribution in [0.5, 0.6) is 5.75 Å². The Morgan fingerprint density at radius 1 is 1.35 bits per heavy atom. The Bertz CT molecular complexity index is 690. The van der Waals surface area contributed by atoms with Crippen LogP contribution in [-0.2, 0) is 5.60 Å². The van der Waals surface area contributed by atoms with Crippen molar-refractivity contribution in [1.29, 1.82) is 0 Å². The van der Waals surface area contributed by atoms with Crippen molar-refractivity contribution in [3.05, 3.63) is 45.2 Å². The number of aliphatic hydroxyl groups is 1. The van der Waals surface area contributed by atoms with Crippen molar-refractivity contribution in [3.63, 3.8) is 0 Å². The number of aromatic nitrogens is 2. The van der Waals surface area contributed by atoms with E-state index in [0.29, 0.717) is 22.0 Å². The molecule has 0 atom stereocenters. The highest BCUT2D eigenvalue weighted by molar-refractivity contribution is 6.30. The summed E-state index contributed by atoms with van der Waals surface area (Å²) in [7, 11) is 1.54. The second-order valence-electron chi connectivity index (χ2n) is 4.90. The van der Waals surface area contributed by atoms with Gasteiger partial charge < -0.3 is 9.84 Å². The van der Waals surface area contributed by atoms with Crippen molar-refractivity contribution in [2.75, 3.05) is 7.11 Å². The van der Waals surface area contributed by atoms with Crippen LogP contribution >= 0.6 is 11.6 Å². The van der Waals surface area contributed by atoms with Crippen molar-refractivity contribution < 1.29 is 9.84 Å². The molecule has 0 amide bonds. The summed E-state index contributed by atoms with van der Waals surface area (Å²) in [6.45, 7) is 3.08. The summed E-state index contributed by atoms with van der Waals surface area (Å²) in [5.74, 6) is 0.579. The number of halogens is 1. The number of nitrogens with one attached hydrogen (secondary N) is 1. The largest absolute Gasteiger partial charge is 0.496 e. The van der Waals surface area contributed by atoms with Crippen LogP contribution in [0.25, 0.3) is 11.3 Å². The van der Waals surface area contributed by atoms with Gasteiger partial charge in [0, 0.05) is 10.6 Å². The molecule has 0 bridgehead atoms. The third kappa shape index (κ3) is 2.84. The molecule has 6 heteroatoms. The molecule has 5 nitrogen and oxygen atoms in total. The lowest BCUT2D eigenvalue weighted by Gasteiger charge is -2.17. The molecular weight excluding hydrogens is 280 g/mol. The van der Waals surface area contributed by atoms with Crippen LogP contribution in [0, 0.1) is 0 Å². The molecule has 2 N–H and O–H groups in total. The van der Waals surface area contributed by atoms with Crippen molar-refractivity contribution >= 4 is 11.6 Å². The number of methoxy groups -OCH3 is 1. The van der Waals surface area contributed by atoms with Crippen LogP contribution in [0.1, 0.15) is 19.4 Å². The molecule has 0 aliphatic rings. The Labute approximate surface area is 121 Å². The van der Waals surface area contributed by atoms with Gasteiger partial charge >= 0.3 is 0 Å². The Morgan fingerprint density at radius 3 is 2.65 bits per heavy atom. The molecule has 0 unspecified atom stereocenters. The highest BCUT2D eigenvalue weighted by atomic mass is 35.5. The zero-order chi connectivity index (χ0) is 14.9. The van der Waals surface area contributed by atoms with E-state index in [-0.39, 0.29) is 5.56 Å². The first kappa shape index (κ1) is 14.6. The molecule has 0 radical (unpaired) electrons. The summed E-state index contributed by atoms with van der Waals surface area (Å²) >= 11 is 5.98. The number of nitrogens with zero attached hydrogens (tertiary/aromatic N) is 1. The van der Waals surface area contributed by atoms with Crippen LogP contribution in [0.3, 0.4) is 0 Å². The second-order valence-corrected chi connectivity index (χ2v) is 5.34. The van der Waals surface area contributed by atoms with Crippen LogP contribution in [0.2, 0.25) is 5.02 Å². The van der Waals surface area contributed by atoms with E-state index in [1.165, 1.54) is 27.0 Å². The standard InChI is InChI=1S/C14H15ClN2O3/c1-14(2,19)10-7-11(16-17-13(10)18)9-6-8(15)4-5-12(9)20-3/h4-7,19H,1-3H3,(H,17,18). The number of ether oxygens (including phenoxy) is 1. The van der Waals surface area contributed by atoms with Crippen molar-refractivity contribution in [2.45, 2.75) is 19.4 Å². The Balaban J connectivity index is 2.65. The topological polar surface area (TPSA) is 75.2 Å². The van der Waals surface area contributed by atoms with E-state index in [2.05, 4.69) is 10.2 Å². The van der Waals surface area contributed by atoms with Gasteiger partial charge in [0.2, 0.25) is 0 Å². The molecule has 1 aromatic carbocycles. The van der Waals surface area contributed by atoms with Gasteiger partial charge in [0.1, 0.15) is 5.75 Å². The van der Waals surface area contributed by atoms with Gasteiger partial charge in [0.15, 0.2) is 0 Å². The Morgan fingerprint density at radius 2 is 2.05 bits per heavy atom. The van der Waals surface area contributed by atoms with E-state index in [1.54, 1.807) is 18.2 Å². The van der Waals surface area contributed by atoms with Gasteiger partial charge in [-0.25, -0.2) is 5.10 Å². The van der Waals surface area contributed by atoms with Gasteiger partial charge in [-0.2, -0.15) is 5.10 Å². The van der Waals surface area contributed by atoms with Crippen LogP contribution in [0.4, 0.5) is 0 Å². The molecule has 0 aliphatic heterocycles. The minimum Gasteiger partial charge on any atom is -0.496 e. The first-order chi connectivity index (χ1) is 9.32. The van der Waals surface area contributed by atoms with Crippen LogP contribution in [-0.4, -0.2) is 22.4 Å². The summed E-state index contributed by atoms with van der Waals surface area (Å²) in [5.41, 5.74) is -0.355. The van der Waals surface area contributed by atoms with E-state index < -0.39 is 11.2 Å². The normalized spacial score (nSPS) is 11.4. The molecule has 0 fully saturated rings. The average Bonchev–Trinajstić information content (AvgIpc) is 2.38. The number of hydrogen-bond acceptors (Lipinski definition) is 4. The molecule has 2 aromatic rings. The Kier molecular flexibility index (Phi) is 3.83. The van der Waals surface area contributed by atoms with Gasteiger partial charge in [0.05, 0.1) is 24.0 Å². The minimum absolute atomic E-state index is 0.226. The summed E-state index contributed by atoms with van der Waals surface area (Å²) < 4.78 is 5.26. The maximum atomic E-state index is 11.7. The van der Waals surface area contributed by atoms with Crippen molar-refractivity contribution in [1.82, 2.24) is 10.2 Å². The summed E-state index contributed by atoms with van der Waals surface area (Å²) in [5, 5.41) is 16.9. The quantitative estimate of drug-likeness (QED) is 0.911. The first-order valence-corrected chi connectivity index (χ1v) is 6.37. The molecule has 1 aromatic heterocycles. The van der Waals surface area contributed by atoms with E-state index in [0.717, 1.165) is 0 Å².